The first-order valence-corrected chi connectivity index (χ1v) is 12.1. The fourth-order valence-electron chi connectivity index (χ4n) is 3.13. The number of rotatable bonds is 9. The van der Waals surface area contributed by atoms with Crippen molar-refractivity contribution in [2.45, 2.75) is 50.5 Å². The van der Waals surface area contributed by atoms with Crippen LogP contribution in [0.3, 0.4) is 0 Å². The van der Waals surface area contributed by atoms with Crippen LogP contribution in [0, 0.1) is 5.92 Å². The van der Waals surface area contributed by atoms with E-state index in [2.05, 4.69) is 12.2 Å². The average Bonchev–Trinajstić information content (AvgIpc) is 2.76. The van der Waals surface area contributed by atoms with Gasteiger partial charge in [0.1, 0.15) is 6.04 Å². The number of carboxylic acid groups (broad SMARTS) is 1. The van der Waals surface area contributed by atoms with Crippen LogP contribution >= 0.6 is 35.0 Å². The van der Waals surface area contributed by atoms with E-state index in [1.807, 2.05) is 12.1 Å². The first-order valence-electron chi connectivity index (χ1n) is 10.4. The predicted molar refractivity (Wildman–Crippen MR) is 126 cm³/mol. The Hall–Kier alpha value is -1.70. The van der Waals surface area contributed by atoms with E-state index in [0.717, 1.165) is 23.5 Å². The summed E-state index contributed by atoms with van der Waals surface area (Å²) in [7, 11) is 0. The molecule has 0 bridgehead atoms. The Morgan fingerprint density at radius 3 is 2.55 bits per heavy atom. The van der Waals surface area contributed by atoms with Gasteiger partial charge in [0, 0.05) is 30.0 Å². The van der Waals surface area contributed by atoms with Gasteiger partial charge in [-0.15, -0.1) is 11.8 Å². The lowest BCUT2D eigenvalue weighted by molar-refractivity contribution is -0.142. The van der Waals surface area contributed by atoms with Gasteiger partial charge < -0.3 is 15.3 Å². The molecule has 0 unspecified atom stereocenters. The summed E-state index contributed by atoms with van der Waals surface area (Å²) in [6.45, 7) is 4.43. The molecule has 2 N–H and O–H groups in total. The van der Waals surface area contributed by atoms with Crippen molar-refractivity contribution in [3.05, 3.63) is 33.8 Å². The number of piperidine rings is 1. The minimum atomic E-state index is -1.07. The van der Waals surface area contributed by atoms with Crippen LogP contribution in [0.15, 0.2) is 23.1 Å². The van der Waals surface area contributed by atoms with E-state index < -0.39 is 12.0 Å². The van der Waals surface area contributed by atoms with Crippen molar-refractivity contribution in [2.24, 2.45) is 5.92 Å². The molecule has 0 spiro atoms. The first-order chi connectivity index (χ1) is 14.7. The number of nitrogens with one attached hydrogen (secondary N) is 1. The molecular weight excluding hydrogens is 459 g/mol. The zero-order valence-electron chi connectivity index (χ0n) is 17.7. The zero-order chi connectivity index (χ0) is 23.0. The van der Waals surface area contributed by atoms with Crippen molar-refractivity contribution < 1.29 is 19.5 Å². The summed E-state index contributed by atoms with van der Waals surface area (Å²) < 4.78 is 0. The molecule has 31 heavy (non-hydrogen) atoms. The summed E-state index contributed by atoms with van der Waals surface area (Å²) in [5.74, 6) is -0.829. The van der Waals surface area contributed by atoms with Gasteiger partial charge in [0.15, 0.2) is 0 Å². The fraction of sp³-hybridized carbons (Fsp3) is 0.500. The number of nitrogens with zero attached hydrogens (tertiary/aromatic N) is 1. The molecule has 0 aliphatic carbocycles. The molecule has 0 radical (unpaired) electrons. The van der Waals surface area contributed by atoms with E-state index in [0.29, 0.717) is 41.5 Å². The number of carbonyl (C=O) groups excluding carboxylic acids is 2. The second kappa shape index (κ2) is 12.4. The van der Waals surface area contributed by atoms with Crippen molar-refractivity contribution in [1.29, 1.82) is 0 Å². The summed E-state index contributed by atoms with van der Waals surface area (Å²) in [4.78, 5) is 38.2. The Balaban J connectivity index is 1.91. The Morgan fingerprint density at radius 1 is 1.26 bits per heavy atom. The van der Waals surface area contributed by atoms with Gasteiger partial charge in [0.25, 0.3) is 0 Å². The number of thioether (sulfide) groups is 1. The molecule has 1 aromatic rings. The summed E-state index contributed by atoms with van der Waals surface area (Å²) in [5.41, 5.74) is 0.678. The topological polar surface area (TPSA) is 86.7 Å². The monoisotopic (exact) mass is 486 g/mol. The normalized spacial score (nSPS) is 15.8. The molecule has 0 saturated carbocycles. The van der Waals surface area contributed by atoms with Crippen molar-refractivity contribution in [3.8, 4) is 0 Å². The maximum absolute atomic E-state index is 12.5. The van der Waals surface area contributed by atoms with Gasteiger partial charge in [-0.3, -0.25) is 14.4 Å². The van der Waals surface area contributed by atoms with E-state index in [1.165, 1.54) is 13.0 Å². The molecular formula is C22H28Cl2N2O4S. The molecule has 170 valence electrons. The van der Waals surface area contributed by atoms with Crippen molar-refractivity contribution in [3.63, 3.8) is 0 Å². The maximum atomic E-state index is 12.5. The third-order valence-electron chi connectivity index (χ3n) is 5.14. The Kier molecular flexibility index (Phi) is 10.2. The molecule has 1 aliphatic heterocycles. The summed E-state index contributed by atoms with van der Waals surface area (Å²) in [6, 6.07) is 2.84. The van der Waals surface area contributed by atoms with Crippen LogP contribution in [0.5, 0.6) is 0 Å². The molecule has 2 amide bonds. The molecule has 1 saturated heterocycles. The van der Waals surface area contributed by atoms with Crippen LogP contribution in [0.4, 0.5) is 0 Å². The third-order valence-corrected chi connectivity index (χ3v) is 7.30. The highest BCUT2D eigenvalue weighted by Crippen LogP contribution is 2.36. The quantitative estimate of drug-likeness (QED) is 0.299. The molecule has 6 nitrogen and oxygen atoms in total. The highest BCUT2D eigenvalue weighted by atomic mass is 35.5. The molecule has 2 rings (SSSR count). The summed E-state index contributed by atoms with van der Waals surface area (Å²) in [5, 5.41) is 12.3. The standard InChI is InChI=1S/C22H28Cl2N2O4S/c1-3-4-13-31-17-7-5-15(19(23)20(17)24)6-8-18(27)26-11-9-16(10-12-26)21(28)25-14(2)22(29)30/h5-8,14,16H,3-4,9-13H2,1-2H3,(H,25,28)(H,29,30)/b8-6+/t14-/m0/s1. The number of unbranched alkanes of at least 4 members (excludes halogenated alkanes) is 1. The third kappa shape index (κ3) is 7.44. The van der Waals surface area contributed by atoms with E-state index in [4.69, 9.17) is 28.3 Å². The van der Waals surface area contributed by atoms with Crippen LogP contribution in [0.2, 0.25) is 10.0 Å². The SMILES string of the molecule is CCCCSc1ccc(/C=C/C(=O)N2CCC(C(=O)N[C@@H](C)C(=O)O)CC2)c(Cl)c1Cl. The maximum Gasteiger partial charge on any atom is 0.325 e. The minimum Gasteiger partial charge on any atom is -0.480 e. The average molecular weight is 487 g/mol. The summed E-state index contributed by atoms with van der Waals surface area (Å²) >= 11 is 14.4. The molecule has 1 fully saturated rings. The van der Waals surface area contributed by atoms with E-state index >= 15 is 0 Å². The predicted octanol–water partition coefficient (Wildman–Crippen LogP) is 4.73. The molecule has 1 heterocycles. The number of aliphatic carboxylic acids is 1. The van der Waals surface area contributed by atoms with E-state index in [1.54, 1.807) is 22.7 Å². The molecule has 1 atom stereocenters. The number of carboxylic acids is 1. The van der Waals surface area contributed by atoms with Crippen LogP contribution in [-0.2, 0) is 14.4 Å². The minimum absolute atomic E-state index is 0.161. The lowest BCUT2D eigenvalue weighted by Crippen LogP contribution is -2.46. The highest BCUT2D eigenvalue weighted by Gasteiger charge is 2.28. The number of halogens is 2. The van der Waals surface area contributed by atoms with Gasteiger partial charge >= 0.3 is 5.97 Å². The number of benzene rings is 1. The largest absolute Gasteiger partial charge is 0.480 e. The zero-order valence-corrected chi connectivity index (χ0v) is 20.0. The molecule has 0 aromatic heterocycles. The number of hydrogen-bond donors (Lipinski definition) is 2. The Labute approximate surface area is 197 Å². The number of likely N-dealkylation sites (tertiary alicyclic amines) is 1. The van der Waals surface area contributed by atoms with Crippen molar-refractivity contribution in [2.75, 3.05) is 18.8 Å². The second-order valence-corrected chi connectivity index (χ2v) is 9.38. The molecule has 9 heteroatoms. The van der Waals surface area contributed by atoms with Gasteiger partial charge in [-0.25, -0.2) is 0 Å². The lowest BCUT2D eigenvalue weighted by atomic mass is 9.95. The van der Waals surface area contributed by atoms with Gasteiger partial charge in [-0.05, 0) is 49.6 Å². The summed E-state index contributed by atoms with van der Waals surface area (Å²) in [6.07, 6.45) is 6.33. The van der Waals surface area contributed by atoms with Crippen LogP contribution in [0.1, 0.15) is 45.1 Å². The smallest absolute Gasteiger partial charge is 0.325 e. The Bertz CT molecular complexity index is 839. The fourth-order valence-corrected chi connectivity index (χ4v) is 4.80. The van der Waals surface area contributed by atoms with E-state index in [9.17, 15) is 14.4 Å². The van der Waals surface area contributed by atoms with Gasteiger partial charge in [-0.2, -0.15) is 0 Å². The van der Waals surface area contributed by atoms with Gasteiger partial charge in [-0.1, -0.05) is 42.6 Å². The van der Waals surface area contributed by atoms with Crippen molar-refractivity contribution in [1.82, 2.24) is 10.2 Å². The molecule has 1 aromatic carbocycles. The number of amides is 2. The second-order valence-electron chi connectivity index (χ2n) is 7.48. The molecule has 1 aliphatic rings. The Morgan fingerprint density at radius 2 is 1.94 bits per heavy atom. The van der Waals surface area contributed by atoms with Crippen LogP contribution < -0.4 is 5.32 Å². The van der Waals surface area contributed by atoms with Gasteiger partial charge in [0.2, 0.25) is 11.8 Å². The van der Waals surface area contributed by atoms with Gasteiger partial charge in [0.05, 0.1) is 10.0 Å². The van der Waals surface area contributed by atoms with Crippen LogP contribution in [-0.4, -0.2) is 52.7 Å². The highest BCUT2D eigenvalue weighted by molar-refractivity contribution is 7.99. The number of carbonyl (C=O) groups is 3. The first kappa shape index (κ1) is 25.6. The lowest BCUT2D eigenvalue weighted by Gasteiger charge is -2.31. The van der Waals surface area contributed by atoms with E-state index in [-0.39, 0.29) is 17.7 Å². The van der Waals surface area contributed by atoms with Crippen molar-refractivity contribution >= 4 is 58.8 Å². The van der Waals surface area contributed by atoms with Crippen LogP contribution in [0.25, 0.3) is 6.08 Å². The number of hydrogen-bond acceptors (Lipinski definition) is 4.